The van der Waals surface area contributed by atoms with Crippen LogP contribution >= 0.6 is 11.6 Å². The van der Waals surface area contributed by atoms with Gasteiger partial charge in [0.2, 0.25) is 15.9 Å². The maximum absolute atomic E-state index is 13.1. The van der Waals surface area contributed by atoms with Crippen molar-refractivity contribution < 1.29 is 22.3 Å². The smallest absolute Gasteiger partial charge is 0.242 e. The summed E-state index contributed by atoms with van der Waals surface area (Å²) in [4.78, 5) is 12.5. The summed E-state index contributed by atoms with van der Waals surface area (Å²) >= 11 is 6.03. The van der Waals surface area contributed by atoms with Crippen LogP contribution in [0.4, 0.5) is 4.39 Å². The Bertz CT molecular complexity index is 1010. The summed E-state index contributed by atoms with van der Waals surface area (Å²) in [6.45, 7) is 1.93. The summed E-state index contributed by atoms with van der Waals surface area (Å²) in [5.41, 5.74) is 0.914. The first kappa shape index (κ1) is 24.6. The third-order valence-electron chi connectivity index (χ3n) is 5.93. The first-order chi connectivity index (χ1) is 15.2. The number of hydrogen-bond donors (Lipinski definition) is 1. The molecule has 2 aromatic carbocycles. The highest BCUT2D eigenvalue weighted by atomic mass is 35.5. The van der Waals surface area contributed by atoms with E-state index in [4.69, 9.17) is 16.3 Å². The number of rotatable bonds is 9. The molecule has 0 radical (unpaired) electrons. The molecule has 0 atom stereocenters. The van der Waals surface area contributed by atoms with Gasteiger partial charge in [-0.15, -0.1) is 0 Å². The van der Waals surface area contributed by atoms with Gasteiger partial charge in [-0.1, -0.05) is 23.7 Å². The molecule has 32 heavy (non-hydrogen) atoms. The van der Waals surface area contributed by atoms with Crippen LogP contribution < -0.4 is 5.32 Å². The Hall–Kier alpha value is -2.00. The topological polar surface area (TPSA) is 75.7 Å². The summed E-state index contributed by atoms with van der Waals surface area (Å²) < 4.78 is 44.9. The van der Waals surface area contributed by atoms with Gasteiger partial charge in [-0.25, -0.2) is 17.1 Å². The first-order valence-electron chi connectivity index (χ1n) is 10.6. The van der Waals surface area contributed by atoms with Crippen molar-refractivity contribution in [1.29, 1.82) is 0 Å². The monoisotopic (exact) mass is 482 g/mol. The molecule has 3 rings (SSSR count). The molecule has 1 N–H and O–H groups in total. The molecule has 1 heterocycles. The van der Waals surface area contributed by atoms with Crippen LogP contribution in [0.3, 0.4) is 0 Å². The fourth-order valence-electron chi connectivity index (χ4n) is 3.86. The van der Waals surface area contributed by atoms with Gasteiger partial charge >= 0.3 is 0 Å². The van der Waals surface area contributed by atoms with E-state index in [-0.39, 0.29) is 29.2 Å². The highest BCUT2D eigenvalue weighted by Gasteiger charge is 2.34. The van der Waals surface area contributed by atoms with Crippen molar-refractivity contribution in [3.63, 3.8) is 0 Å². The summed E-state index contributed by atoms with van der Waals surface area (Å²) in [5.74, 6) is -0.624. The third kappa shape index (κ3) is 6.07. The number of carbonyl (C=O) groups excluding carboxylic acids is 1. The van der Waals surface area contributed by atoms with Crippen molar-refractivity contribution in [2.45, 2.75) is 36.0 Å². The Balaban J connectivity index is 1.52. The minimum Gasteiger partial charge on any atom is -0.381 e. The summed E-state index contributed by atoms with van der Waals surface area (Å²) in [5, 5.41) is 3.69. The molecule has 0 saturated carbocycles. The fourth-order valence-corrected chi connectivity index (χ4v) is 5.19. The van der Waals surface area contributed by atoms with E-state index in [0.717, 1.165) is 30.5 Å². The molecule has 0 aliphatic carbocycles. The molecule has 1 aliphatic heterocycles. The van der Waals surface area contributed by atoms with Gasteiger partial charge in [0.1, 0.15) is 5.82 Å². The molecule has 6 nitrogen and oxygen atoms in total. The maximum Gasteiger partial charge on any atom is 0.242 e. The zero-order valence-electron chi connectivity index (χ0n) is 18.0. The molecule has 2 aromatic rings. The van der Waals surface area contributed by atoms with Crippen molar-refractivity contribution >= 4 is 27.5 Å². The van der Waals surface area contributed by atoms with Gasteiger partial charge in [-0.2, -0.15) is 0 Å². The number of benzene rings is 2. The molecular weight excluding hydrogens is 455 g/mol. The van der Waals surface area contributed by atoms with Crippen LogP contribution in [0.15, 0.2) is 53.4 Å². The Morgan fingerprint density at radius 1 is 1.12 bits per heavy atom. The van der Waals surface area contributed by atoms with E-state index < -0.39 is 15.8 Å². The summed E-state index contributed by atoms with van der Waals surface area (Å²) in [7, 11) is -2.27. The minimum absolute atomic E-state index is 0.0234. The number of nitrogens with one attached hydrogen (secondary N) is 1. The molecular formula is C23H28ClFN2O4S. The van der Waals surface area contributed by atoms with Crippen LogP contribution in [0.5, 0.6) is 0 Å². The Morgan fingerprint density at radius 3 is 2.38 bits per heavy atom. The number of halogens is 2. The van der Waals surface area contributed by atoms with Gasteiger partial charge in [-0.3, -0.25) is 4.79 Å². The van der Waals surface area contributed by atoms with E-state index in [1.807, 2.05) is 24.3 Å². The highest BCUT2D eigenvalue weighted by Crippen LogP contribution is 2.35. The second-order valence-corrected chi connectivity index (χ2v) is 10.5. The van der Waals surface area contributed by atoms with Crippen molar-refractivity contribution in [1.82, 2.24) is 9.62 Å². The van der Waals surface area contributed by atoms with Crippen molar-refractivity contribution in [2.24, 2.45) is 0 Å². The summed E-state index contributed by atoms with van der Waals surface area (Å²) in [6, 6.07) is 12.4. The minimum atomic E-state index is -3.72. The SMILES string of the molecule is CN(CCCC(=O)NCC1(c2ccc(Cl)cc2)CCOCC1)S(=O)(=O)c1ccc(F)cc1. The molecule has 0 bridgehead atoms. The summed E-state index contributed by atoms with van der Waals surface area (Å²) in [6.07, 6.45) is 2.18. The lowest BCUT2D eigenvalue weighted by atomic mass is 9.74. The van der Waals surface area contributed by atoms with E-state index in [9.17, 15) is 17.6 Å². The van der Waals surface area contributed by atoms with E-state index >= 15 is 0 Å². The van der Waals surface area contributed by atoms with Crippen LogP contribution in [0.2, 0.25) is 5.02 Å². The lowest BCUT2D eigenvalue weighted by Crippen LogP contribution is -2.44. The average Bonchev–Trinajstić information content (AvgIpc) is 2.79. The predicted octanol–water partition coefficient (Wildman–Crippen LogP) is 3.74. The number of hydrogen-bond acceptors (Lipinski definition) is 4. The third-order valence-corrected chi connectivity index (χ3v) is 8.05. The molecule has 9 heteroatoms. The number of carbonyl (C=O) groups is 1. The second-order valence-electron chi connectivity index (χ2n) is 8.06. The zero-order chi connectivity index (χ0) is 23.2. The second kappa shape index (κ2) is 10.7. The molecule has 174 valence electrons. The van der Waals surface area contributed by atoms with Crippen LogP contribution in [0.1, 0.15) is 31.2 Å². The normalized spacial score (nSPS) is 16.1. The predicted molar refractivity (Wildman–Crippen MR) is 122 cm³/mol. The molecule has 0 aromatic heterocycles. The van der Waals surface area contributed by atoms with Gasteiger partial charge < -0.3 is 10.1 Å². The molecule has 0 spiro atoms. The Kier molecular flexibility index (Phi) is 8.27. The van der Waals surface area contributed by atoms with Gasteiger partial charge in [0.25, 0.3) is 0 Å². The molecule has 1 saturated heterocycles. The van der Waals surface area contributed by atoms with Crippen LogP contribution in [0.25, 0.3) is 0 Å². The quantitative estimate of drug-likeness (QED) is 0.590. The van der Waals surface area contributed by atoms with Gasteiger partial charge in [0.15, 0.2) is 0 Å². The molecule has 1 aliphatic rings. The van der Waals surface area contributed by atoms with E-state index in [1.165, 1.54) is 23.5 Å². The largest absolute Gasteiger partial charge is 0.381 e. The molecule has 0 unspecified atom stereocenters. The number of nitrogens with zero attached hydrogens (tertiary/aromatic N) is 1. The van der Waals surface area contributed by atoms with Crippen molar-refractivity contribution in [3.8, 4) is 0 Å². The average molecular weight is 483 g/mol. The fraction of sp³-hybridized carbons (Fsp3) is 0.435. The number of amides is 1. The van der Waals surface area contributed by atoms with Crippen LogP contribution in [0, 0.1) is 5.82 Å². The van der Waals surface area contributed by atoms with Gasteiger partial charge in [-0.05, 0) is 61.2 Å². The van der Waals surface area contributed by atoms with Crippen molar-refractivity contribution in [3.05, 3.63) is 64.9 Å². The Labute approximate surface area is 193 Å². The zero-order valence-corrected chi connectivity index (χ0v) is 19.6. The van der Waals surface area contributed by atoms with E-state index in [0.29, 0.717) is 31.2 Å². The number of ether oxygens (including phenoxy) is 1. The van der Waals surface area contributed by atoms with E-state index in [1.54, 1.807) is 0 Å². The van der Waals surface area contributed by atoms with Crippen LogP contribution in [-0.4, -0.2) is 52.0 Å². The Morgan fingerprint density at radius 2 is 1.75 bits per heavy atom. The maximum atomic E-state index is 13.1. The highest BCUT2D eigenvalue weighted by molar-refractivity contribution is 7.89. The first-order valence-corrected chi connectivity index (χ1v) is 12.4. The lowest BCUT2D eigenvalue weighted by Gasteiger charge is -2.38. The van der Waals surface area contributed by atoms with E-state index in [2.05, 4.69) is 5.32 Å². The number of sulfonamides is 1. The van der Waals surface area contributed by atoms with Gasteiger partial charge in [0.05, 0.1) is 4.90 Å². The lowest BCUT2D eigenvalue weighted by molar-refractivity contribution is -0.121. The van der Waals surface area contributed by atoms with Gasteiger partial charge in [0, 0.05) is 50.2 Å². The van der Waals surface area contributed by atoms with Crippen molar-refractivity contribution in [2.75, 3.05) is 33.4 Å². The standard InChI is InChI=1S/C23H28ClFN2O4S/c1-27(32(29,30)21-10-8-20(25)9-11-21)14-2-3-22(28)26-17-23(12-15-31-16-13-23)18-4-6-19(24)7-5-18/h4-11H,2-3,12-17H2,1H3,(H,26,28). The molecule has 1 amide bonds. The molecule has 1 fully saturated rings. The van der Waals surface area contributed by atoms with Crippen LogP contribution in [-0.2, 0) is 25.0 Å².